The van der Waals surface area contributed by atoms with Crippen LogP contribution in [0.25, 0.3) is 11.1 Å². The summed E-state index contributed by atoms with van der Waals surface area (Å²) in [6, 6.07) is 10.2. The van der Waals surface area contributed by atoms with Gasteiger partial charge in [-0.25, -0.2) is 0 Å². The number of rotatable bonds is 1. The summed E-state index contributed by atoms with van der Waals surface area (Å²) < 4.78 is 37.5. The van der Waals surface area contributed by atoms with E-state index in [0.29, 0.717) is 5.56 Å². The molecule has 2 aromatic rings. The Morgan fingerprint density at radius 3 is 1.94 bits per heavy atom. The quantitative estimate of drug-likeness (QED) is 0.760. The molecule has 0 heterocycles. The summed E-state index contributed by atoms with van der Waals surface area (Å²) in [5.41, 5.74) is -0.570. The van der Waals surface area contributed by atoms with Gasteiger partial charge in [-0.3, -0.25) is 0 Å². The standard InChI is InChI=1S/C13H9F3O2/c14-13(15,16)10-7-6-9(11(17)12(10)18)8-4-2-1-3-5-8/h1-7,17-18H. The van der Waals surface area contributed by atoms with Crippen LogP contribution in [0.5, 0.6) is 11.5 Å². The van der Waals surface area contributed by atoms with Crippen molar-refractivity contribution in [3.8, 4) is 22.6 Å². The van der Waals surface area contributed by atoms with Crippen molar-refractivity contribution in [2.75, 3.05) is 0 Å². The van der Waals surface area contributed by atoms with Gasteiger partial charge in [-0.15, -0.1) is 0 Å². The normalized spacial score (nSPS) is 11.5. The van der Waals surface area contributed by atoms with E-state index in [4.69, 9.17) is 0 Å². The number of hydrogen-bond donors (Lipinski definition) is 2. The fourth-order valence-electron chi connectivity index (χ4n) is 1.66. The maximum absolute atomic E-state index is 12.5. The highest BCUT2D eigenvalue weighted by atomic mass is 19.4. The van der Waals surface area contributed by atoms with E-state index in [1.807, 2.05) is 0 Å². The summed E-state index contributed by atoms with van der Waals surface area (Å²) in [5.74, 6) is -1.92. The first-order chi connectivity index (χ1) is 8.41. The molecule has 0 saturated carbocycles. The van der Waals surface area contributed by atoms with Gasteiger partial charge in [0.25, 0.3) is 0 Å². The number of phenolic OH excluding ortho intramolecular Hbond substituents is 2. The summed E-state index contributed by atoms with van der Waals surface area (Å²) in [6.45, 7) is 0. The second-order valence-electron chi connectivity index (χ2n) is 3.72. The molecular weight excluding hydrogens is 245 g/mol. The molecule has 0 spiro atoms. The maximum atomic E-state index is 12.5. The topological polar surface area (TPSA) is 40.5 Å². The van der Waals surface area contributed by atoms with E-state index in [2.05, 4.69) is 0 Å². The molecule has 5 heteroatoms. The van der Waals surface area contributed by atoms with Crippen LogP contribution >= 0.6 is 0 Å². The molecule has 0 aromatic heterocycles. The van der Waals surface area contributed by atoms with E-state index in [0.717, 1.165) is 12.1 Å². The lowest BCUT2D eigenvalue weighted by Gasteiger charge is -2.12. The zero-order valence-corrected chi connectivity index (χ0v) is 9.07. The van der Waals surface area contributed by atoms with Gasteiger partial charge in [-0.2, -0.15) is 13.2 Å². The van der Waals surface area contributed by atoms with Crippen molar-refractivity contribution >= 4 is 0 Å². The van der Waals surface area contributed by atoms with Crippen LogP contribution in [0.2, 0.25) is 0 Å². The Kier molecular flexibility index (Phi) is 2.90. The zero-order valence-electron chi connectivity index (χ0n) is 9.07. The Labute approximate surface area is 101 Å². The highest BCUT2D eigenvalue weighted by Crippen LogP contribution is 2.44. The fourth-order valence-corrected chi connectivity index (χ4v) is 1.66. The van der Waals surface area contributed by atoms with Crippen LogP contribution in [0, 0.1) is 0 Å². The lowest BCUT2D eigenvalue weighted by molar-refractivity contribution is -0.138. The second kappa shape index (κ2) is 4.25. The van der Waals surface area contributed by atoms with E-state index in [1.54, 1.807) is 30.3 Å². The molecule has 0 amide bonds. The summed E-state index contributed by atoms with van der Waals surface area (Å²) in [4.78, 5) is 0. The minimum absolute atomic E-state index is 0.154. The van der Waals surface area contributed by atoms with E-state index < -0.39 is 23.2 Å². The third-order valence-electron chi connectivity index (χ3n) is 2.54. The van der Waals surface area contributed by atoms with Gasteiger partial charge in [0.15, 0.2) is 11.5 Å². The van der Waals surface area contributed by atoms with Crippen molar-refractivity contribution in [1.29, 1.82) is 0 Å². The molecule has 2 rings (SSSR count). The Hall–Kier alpha value is -2.17. The van der Waals surface area contributed by atoms with Gasteiger partial charge in [0.05, 0.1) is 0 Å². The first-order valence-electron chi connectivity index (χ1n) is 5.09. The molecule has 0 aliphatic rings. The Bertz CT molecular complexity index is 562. The Morgan fingerprint density at radius 2 is 1.39 bits per heavy atom. The van der Waals surface area contributed by atoms with E-state index in [9.17, 15) is 23.4 Å². The van der Waals surface area contributed by atoms with Gasteiger partial charge in [0, 0.05) is 5.56 Å². The minimum Gasteiger partial charge on any atom is -0.504 e. The van der Waals surface area contributed by atoms with Crippen molar-refractivity contribution in [3.63, 3.8) is 0 Å². The average molecular weight is 254 g/mol. The number of phenols is 2. The molecule has 94 valence electrons. The average Bonchev–Trinajstić information content (AvgIpc) is 2.32. The predicted octanol–water partition coefficient (Wildman–Crippen LogP) is 3.78. The van der Waals surface area contributed by atoms with E-state index in [-0.39, 0.29) is 5.56 Å². The molecule has 18 heavy (non-hydrogen) atoms. The number of halogens is 3. The molecule has 2 aromatic carbocycles. The molecule has 2 N–H and O–H groups in total. The monoisotopic (exact) mass is 254 g/mol. The van der Waals surface area contributed by atoms with Crippen molar-refractivity contribution in [1.82, 2.24) is 0 Å². The van der Waals surface area contributed by atoms with Crippen LogP contribution in [0.15, 0.2) is 42.5 Å². The highest BCUT2D eigenvalue weighted by Gasteiger charge is 2.35. The third kappa shape index (κ3) is 2.11. The lowest BCUT2D eigenvalue weighted by atomic mass is 10.0. The molecule has 0 unspecified atom stereocenters. The zero-order chi connectivity index (χ0) is 13.3. The fraction of sp³-hybridized carbons (Fsp3) is 0.0769. The maximum Gasteiger partial charge on any atom is 0.420 e. The molecular formula is C13H9F3O2. The molecule has 0 fully saturated rings. The van der Waals surface area contributed by atoms with Gasteiger partial charge in [0.1, 0.15) is 5.56 Å². The van der Waals surface area contributed by atoms with Crippen molar-refractivity contribution in [2.45, 2.75) is 6.18 Å². The van der Waals surface area contributed by atoms with Gasteiger partial charge in [-0.1, -0.05) is 30.3 Å². The van der Waals surface area contributed by atoms with Crippen LogP contribution in [-0.4, -0.2) is 10.2 Å². The lowest BCUT2D eigenvalue weighted by Crippen LogP contribution is -2.05. The van der Waals surface area contributed by atoms with Gasteiger partial charge >= 0.3 is 6.18 Å². The van der Waals surface area contributed by atoms with Gasteiger partial charge in [-0.05, 0) is 17.7 Å². The predicted molar refractivity (Wildman–Crippen MR) is 60.2 cm³/mol. The summed E-state index contributed by atoms with van der Waals surface area (Å²) >= 11 is 0. The van der Waals surface area contributed by atoms with Crippen LogP contribution in [0.1, 0.15) is 5.56 Å². The number of aromatic hydroxyl groups is 2. The third-order valence-corrected chi connectivity index (χ3v) is 2.54. The Morgan fingerprint density at radius 1 is 0.778 bits per heavy atom. The first-order valence-corrected chi connectivity index (χ1v) is 5.09. The molecule has 0 aliphatic heterocycles. The Balaban J connectivity index is 2.58. The van der Waals surface area contributed by atoms with Crippen LogP contribution in [0.4, 0.5) is 13.2 Å². The molecule has 0 atom stereocenters. The largest absolute Gasteiger partial charge is 0.504 e. The molecule has 0 bridgehead atoms. The molecule has 0 radical (unpaired) electrons. The molecule has 2 nitrogen and oxygen atoms in total. The smallest absolute Gasteiger partial charge is 0.420 e. The van der Waals surface area contributed by atoms with Crippen molar-refractivity contribution in [2.24, 2.45) is 0 Å². The minimum atomic E-state index is -4.70. The van der Waals surface area contributed by atoms with Crippen molar-refractivity contribution in [3.05, 3.63) is 48.0 Å². The summed E-state index contributed by atoms with van der Waals surface area (Å²) in [5, 5.41) is 19.1. The van der Waals surface area contributed by atoms with E-state index >= 15 is 0 Å². The first kappa shape index (κ1) is 12.3. The van der Waals surface area contributed by atoms with Crippen molar-refractivity contribution < 1.29 is 23.4 Å². The summed E-state index contributed by atoms with van der Waals surface area (Å²) in [7, 11) is 0. The van der Waals surface area contributed by atoms with E-state index in [1.165, 1.54) is 0 Å². The van der Waals surface area contributed by atoms with Crippen LogP contribution in [-0.2, 0) is 6.18 Å². The van der Waals surface area contributed by atoms with Gasteiger partial charge < -0.3 is 10.2 Å². The molecule has 0 aliphatic carbocycles. The highest BCUT2D eigenvalue weighted by molar-refractivity contribution is 5.74. The van der Waals surface area contributed by atoms with Crippen LogP contribution in [0.3, 0.4) is 0 Å². The SMILES string of the molecule is Oc1c(-c2ccccc2)ccc(C(F)(F)F)c1O. The number of hydrogen-bond acceptors (Lipinski definition) is 2. The second-order valence-corrected chi connectivity index (χ2v) is 3.72. The summed E-state index contributed by atoms with van der Waals surface area (Å²) in [6.07, 6.45) is -4.70. The number of benzene rings is 2. The van der Waals surface area contributed by atoms with Gasteiger partial charge in [0.2, 0.25) is 0 Å². The number of alkyl halides is 3. The van der Waals surface area contributed by atoms with Crippen LogP contribution < -0.4 is 0 Å². The molecule has 0 saturated heterocycles.